The highest BCUT2D eigenvalue weighted by molar-refractivity contribution is 5.92. The van der Waals surface area contributed by atoms with E-state index in [9.17, 15) is 18.0 Å². The SMILES string of the molecule is C=C(C)C(=O)N1Cc2c(NCc3cc(N)cc(C(F)(F)F)c3)nc3nnc(C)n3c2C1.CC. The van der Waals surface area contributed by atoms with Crippen LogP contribution in [0, 0.1) is 6.92 Å². The summed E-state index contributed by atoms with van der Waals surface area (Å²) in [7, 11) is 0. The van der Waals surface area contributed by atoms with E-state index >= 15 is 0 Å². The molecule has 33 heavy (non-hydrogen) atoms. The van der Waals surface area contributed by atoms with Gasteiger partial charge in [-0.25, -0.2) is 0 Å². The van der Waals surface area contributed by atoms with Crippen molar-refractivity contribution < 1.29 is 18.0 Å². The predicted molar refractivity (Wildman–Crippen MR) is 119 cm³/mol. The molecule has 2 aromatic heterocycles. The summed E-state index contributed by atoms with van der Waals surface area (Å²) < 4.78 is 41.1. The molecule has 0 saturated heterocycles. The molecular formula is C22H26F3N7O. The number of hydrogen-bond acceptors (Lipinski definition) is 6. The molecule has 4 rings (SSSR count). The number of aromatic nitrogens is 4. The van der Waals surface area contributed by atoms with Crippen LogP contribution in [0.2, 0.25) is 0 Å². The quantitative estimate of drug-likeness (QED) is 0.448. The number of amides is 1. The minimum Gasteiger partial charge on any atom is -0.399 e. The van der Waals surface area contributed by atoms with Crippen LogP contribution in [0.5, 0.6) is 0 Å². The molecule has 8 nitrogen and oxygen atoms in total. The Bertz CT molecular complexity index is 1220. The molecule has 1 amide bonds. The molecule has 0 saturated carbocycles. The van der Waals surface area contributed by atoms with Crippen molar-refractivity contribution in [1.82, 2.24) is 24.5 Å². The Morgan fingerprint density at radius 1 is 1.21 bits per heavy atom. The molecule has 0 radical (unpaired) electrons. The zero-order valence-electron chi connectivity index (χ0n) is 18.9. The number of nitrogens with two attached hydrogens (primary N) is 1. The zero-order valence-corrected chi connectivity index (χ0v) is 18.9. The monoisotopic (exact) mass is 461 g/mol. The smallest absolute Gasteiger partial charge is 0.399 e. The maximum atomic E-state index is 13.1. The Hall–Kier alpha value is -3.63. The molecule has 3 N–H and O–H groups in total. The van der Waals surface area contributed by atoms with E-state index in [-0.39, 0.29) is 24.7 Å². The number of carbonyl (C=O) groups excluding carboxylic acids is 1. The van der Waals surface area contributed by atoms with Gasteiger partial charge in [0.05, 0.1) is 24.3 Å². The van der Waals surface area contributed by atoms with E-state index in [0.717, 1.165) is 23.4 Å². The minimum absolute atomic E-state index is 0.0200. The first-order valence-electron chi connectivity index (χ1n) is 10.4. The summed E-state index contributed by atoms with van der Waals surface area (Å²) >= 11 is 0. The van der Waals surface area contributed by atoms with Crippen LogP contribution >= 0.6 is 0 Å². The average molecular weight is 461 g/mol. The Kier molecular flexibility index (Phi) is 6.61. The lowest BCUT2D eigenvalue weighted by Gasteiger charge is -2.15. The molecule has 0 spiro atoms. The van der Waals surface area contributed by atoms with Crippen LogP contribution in [-0.4, -0.2) is 30.4 Å². The number of nitrogens with zero attached hydrogens (tertiary/aromatic N) is 5. The lowest BCUT2D eigenvalue weighted by atomic mass is 10.1. The van der Waals surface area contributed by atoms with Gasteiger partial charge in [-0.05, 0) is 37.6 Å². The van der Waals surface area contributed by atoms with Crippen LogP contribution in [0.25, 0.3) is 5.78 Å². The molecule has 3 heterocycles. The van der Waals surface area contributed by atoms with Gasteiger partial charge >= 0.3 is 6.18 Å². The molecule has 1 aliphatic rings. The molecule has 0 aliphatic carbocycles. The van der Waals surface area contributed by atoms with Gasteiger partial charge in [-0.15, -0.1) is 10.2 Å². The van der Waals surface area contributed by atoms with Gasteiger partial charge in [0.15, 0.2) is 0 Å². The molecule has 1 aliphatic heterocycles. The summed E-state index contributed by atoms with van der Waals surface area (Å²) in [6, 6.07) is 3.41. The van der Waals surface area contributed by atoms with Crippen molar-refractivity contribution in [2.24, 2.45) is 0 Å². The van der Waals surface area contributed by atoms with Gasteiger partial charge in [0.25, 0.3) is 5.78 Å². The molecule has 176 valence electrons. The van der Waals surface area contributed by atoms with Crippen LogP contribution in [0.3, 0.4) is 0 Å². The lowest BCUT2D eigenvalue weighted by Crippen LogP contribution is -2.25. The highest BCUT2D eigenvalue weighted by Gasteiger charge is 2.32. The standard InChI is InChI=1S/C20H20F3N7O.C2H6/c1-10(2)18(31)29-8-15-16(9-29)30-11(3)27-28-19(30)26-17(15)25-7-12-4-13(20(21,22)23)6-14(24)5-12;1-2/h4-6H,1,7-9,24H2,2-3H3,(H,25,26,28);1-2H3. The van der Waals surface area contributed by atoms with Crippen LogP contribution in [0.4, 0.5) is 24.7 Å². The Labute approximate surface area is 189 Å². The van der Waals surface area contributed by atoms with E-state index in [0.29, 0.717) is 35.1 Å². The Morgan fingerprint density at radius 3 is 2.55 bits per heavy atom. The van der Waals surface area contributed by atoms with Crippen molar-refractivity contribution in [3.8, 4) is 0 Å². The van der Waals surface area contributed by atoms with Crippen LogP contribution in [0.1, 0.15) is 49.0 Å². The first-order valence-corrected chi connectivity index (χ1v) is 10.4. The number of benzene rings is 1. The van der Waals surface area contributed by atoms with E-state index in [2.05, 4.69) is 27.1 Å². The molecule has 11 heteroatoms. The third-order valence-corrected chi connectivity index (χ3v) is 5.07. The number of halogens is 3. The normalized spacial score (nSPS) is 12.9. The highest BCUT2D eigenvalue weighted by atomic mass is 19.4. The summed E-state index contributed by atoms with van der Waals surface area (Å²) in [6.45, 7) is 11.8. The third kappa shape index (κ3) is 4.76. The van der Waals surface area contributed by atoms with Gasteiger partial charge in [-0.2, -0.15) is 18.2 Å². The molecule has 0 unspecified atom stereocenters. The van der Waals surface area contributed by atoms with Gasteiger partial charge < -0.3 is 16.0 Å². The second kappa shape index (κ2) is 9.08. The first-order chi connectivity index (χ1) is 15.5. The molecular weight excluding hydrogens is 435 g/mol. The van der Waals surface area contributed by atoms with Crippen LogP contribution in [0.15, 0.2) is 30.4 Å². The summed E-state index contributed by atoms with van der Waals surface area (Å²) in [4.78, 5) is 18.6. The summed E-state index contributed by atoms with van der Waals surface area (Å²) in [5.41, 5.74) is 7.18. The molecule has 1 aromatic carbocycles. The second-order valence-corrected chi connectivity index (χ2v) is 7.52. The predicted octanol–water partition coefficient (Wildman–Crippen LogP) is 4.09. The Morgan fingerprint density at radius 2 is 1.91 bits per heavy atom. The van der Waals surface area contributed by atoms with Gasteiger partial charge in [-0.3, -0.25) is 9.20 Å². The zero-order chi connectivity index (χ0) is 24.5. The summed E-state index contributed by atoms with van der Waals surface area (Å²) in [5.74, 6) is 1.21. The van der Waals surface area contributed by atoms with Crippen molar-refractivity contribution in [3.63, 3.8) is 0 Å². The summed E-state index contributed by atoms with van der Waals surface area (Å²) in [6.07, 6.45) is -4.50. The van der Waals surface area contributed by atoms with E-state index < -0.39 is 11.7 Å². The van der Waals surface area contributed by atoms with E-state index in [1.807, 2.05) is 13.8 Å². The second-order valence-electron chi connectivity index (χ2n) is 7.52. The highest BCUT2D eigenvalue weighted by Crippen LogP contribution is 2.33. The summed E-state index contributed by atoms with van der Waals surface area (Å²) in [5, 5.41) is 11.2. The van der Waals surface area contributed by atoms with Crippen molar-refractivity contribution in [3.05, 3.63) is 58.6 Å². The maximum Gasteiger partial charge on any atom is 0.416 e. The van der Waals surface area contributed by atoms with E-state index in [4.69, 9.17) is 5.73 Å². The number of anilines is 2. The number of nitrogens with one attached hydrogen (secondary N) is 1. The number of nitrogen functional groups attached to an aromatic ring is 1. The number of fused-ring (bicyclic) bond motifs is 3. The average Bonchev–Trinajstić information content (AvgIpc) is 3.35. The number of aryl methyl sites for hydroxylation is 1. The lowest BCUT2D eigenvalue weighted by molar-refractivity contribution is -0.137. The molecule has 0 atom stereocenters. The molecule has 0 fully saturated rings. The van der Waals surface area contributed by atoms with Gasteiger partial charge in [0.1, 0.15) is 11.6 Å². The number of carbonyl (C=O) groups is 1. The molecule has 3 aromatic rings. The number of rotatable bonds is 4. The van der Waals surface area contributed by atoms with Crippen molar-refractivity contribution in [2.75, 3.05) is 11.1 Å². The maximum absolute atomic E-state index is 13.1. The topological polar surface area (TPSA) is 101 Å². The number of alkyl halides is 3. The van der Waals surface area contributed by atoms with E-state index in [1.54, 1.807) is 23.1 Å². The van der Waals surface area contributed by atoms with E-state index in [1.165, 1.54) is 6.07 Å². The fraction of sp³-hybridized carbons (Fsp3) is 0.364. The van der Waals surface area contributed by atoms with Gasteiger partial charge in [0.2, 0.25) is 5.91 Å². The Balaban J connectivity index is 0.00000149. The fourth-order valence-corrected chi connectivity index (χ4v) is 3.67. The third-order valence-electron chi connectivity index (χ3n) is 5.07. The van der Waals surface area contributed by atoms with Gasteiger partial charge in [0, 0.05) is 23.4 Å². The first kappa shape index (κ1) is 24.0. The van der Waals surface area contributed by atoms with Crippen molar-refractivity contribution in [1.29, 1.82) is 0 Å². The van der Waals surface area contributed by atoms with Crippen LogP contribution in [-0.2, 0) is 30.6 Å². The van der Waals surface area contributed by atoms with Crippen LogP contribution < -0.4 is 11.1 Å². The minimum atomic E-state index is -4.50. The largest absolute Gasteiger partial charge is 0.416 e. The number of hydrogen-bond donors (Lipinski definition) is 2. The fourth-order valence-electron chi connectivity index (χ4n) is 3.67. The van der Waals surface area contributed by atoms with Crippen molar-refractivity contribution in [2.45, 2.75) is 53.5 Å². The molecule has 0 bridgehead atoms. The van der Waals surface area contributed by atoms with Crippen molar-refractivity contribution >= 4 is 23.2 Å². The van der Waals surface area contributed by atoms with Gasteiger partial charge in [-0.1, -0.05) is 20.4 Å².